The maximum atomic E-state index is 10.7. The first kappa shape index (κ1) is 13.9. The first-order valence-corrected chi connectivity index (χ1v) is 6.33. The molecule has 2 N–H and O–H groups in total. The molecule has 0 bridgehead atoms. The van der Waals surface area contributed by atoms with Gasteiger partial charge in [-0.05, 0) is 36.6 Å². The van der Waals surface area contributed by atoms with E-state index in [2.05, 4.69) is 34.3 Å². The van der Waals surface area contributed by atoms with Crippen molar-refractivity contribution in [3.05, 3.63) is 41.7 Å². The van der Waals surface area contributed by atoms with E-state index >= 15 is 0 Å². The molecule has 2 aromatic rings. The fourth-order valence-electron chi connectivity index (χ4n) is 1.73. The average Bonchev–Trinajstić information content (AvgIpc) is 2.83. The van der Waals surface area contributed by atoms with Gasteiger partial charge in [0.1, 0.15) is 5.69 Å². The van der Waals surface area contributed by atoms with Gasteiger partial charge < -0.3 is 5.11 Å². The highest BCUT2D eigenvalue weighted by Gasteiger charge is 2.06. The average molecular weight is 272 g/mol. The molecule has 104 valence electrons. The Bertz CT molecular complexity index is 614. The number of benzene rings is 1. The molecule has 6 nitrogen and oxygen atoms in total. The molecule has 0 aliphatic heterocycles. The van der Waals surface area contributed by atoms with Crippen molar-refractivity contribution < 1.29 is 9.90 Å². The van der Waals surface area contributed by atoms with E-state index in [1.54, 1.807) is 18.3 Å². The van der Waals surface area contributed by atoms with Crippen LogP contribution in [0.25, 0.3) is 0 Å². The molecule has 0 radical (unpaired) electrons. The Labute approximate surface area is 116 Å². The Hall–Kier alpha value is -2.50. The van der Waals surface area contributed by atoms with Crippen molar-refractivity contribution in [2.75, 3.05) is 0 Å². The lowest BCUT2D eigenvalue weighted by molar-refractivity contribution is 0.0697. The number of hydrogen-bond acceptors (Lipinski definition) is 4. The van der Waals surface area contributed by atoms with Crippen molar-refractivity contribution in [1.82, 2.24) is 10.2 Å². The molecule has 0 atom stereocenters. The predicted molar refractivity (Wildman–Crippen MR) is 74.7 cm³/mol. The molecular formula is C14H16N4O2. The Morgan fingerprint density at radius 3 is 2.60 bits per heavy atom. The summed E-state index contributed by atoms with van der Waals surface area (Å²) < 4.78 is 0. The van der Waals surface area contributed by atoms with Gasteiger partial charge in [0, 0.05) is 0 Å². The lowest BCUT2D eigenvalue weighted by Gasteiger charge is -2.01. The standard InChI is InChI=1S/C14H16N4O2/c1-9(2)7-12-13(8-15-17-12)18-16-11-5-3-10(4-6-11)14(19)20/h3-6,8-9H,7H2,1-2H3,(H,15,17)(H,19,20). The quantitative estimate of drug-likeness (QED) is 0.812. The Kier molecular flexibility index (Phi) is 4.24. The Morgan fingerprint density at radius 1 is 1.30 bits per heavy atom. The van der Waals surface area contributed by atoms with E-state index in [0.717, 1.165) is 12.1 Å². The first-order chi connectivity index (χ1) is 9.56. The zero-order valence-electron chi connectivity index (χ0n) is 11.4. The molecule has 0 amide bonds. The third kappa shape index (κ3) is 3.50. The number of carbonyl (C=O) groups is 1. The van der Waals surface area contributed by atoms with Crippen LogP contribution in [0, 0.1) is 5.92 Å². The van der Waals surface area contributed by atoms with Gasteiger partial charge in [-0.15, -0.1) is 5.11 Å². The van der Waals surface area contributed by atoms with Crippen LogP contribution >= 0.6 is 0 Å². The zero-order valence-corrected chi connectivity index (χ0v) is 11.4. The summed E-state index contributed by atoms with van der Waals surface area (Å²) in [7, 11) is 0. The number of H-pyrrole nitrogens is 1. The fourth-order valence-corrected chi connectivity index (χ4v) is 1.73. The number of nitrogens with one attached hydrogen (secondary N) is 1. The summed E-state index contributed by atoms with van der Waals surface area (Å²) in [5, 5.41) is 23.9. The molecule has 0 aliphatic carbocycles. The third-order valence-electron chi connectivity index (χ3n) is 2.70. The Morgan fingerprint density at radius 2 is 2.00 bits per heavy atom. The van der Waals surface area contributed by atoms with Crippen molar-refractivity contribution in [2.45, 2.75) is 20.3 Å². The van der Waals surface area contributed by atoms with Crippen LogP contribution in [-0.4, -0.2) is 21.3 Å². The van der Waals surface area contributed by atoms with Crippen molar-refractivity contribution >= 4 is 17.3 Å². The van der Waals surface area contributed by atoms with Crippen LogP contribution in [0.4, 0.5) is 11.4 Å². The predicted octanol–water partition coefficient (Wildman–Crippen LogP) is 3.72. The van der Waals surface area contributed by atoms with Crippen LogP contribution in [0.5, 0.6) is 0 Å². The third-order valence-corrected chi connectivity index (χ3v) is 2.70. The second-order valence-corrected chi connectivity index (χ2v) is 4.88. The number of azo groups is 1. The molecule has 1 heterocycles. The van der Waals surface area contributed by atoms with Crippen molar-refractivity contribution in [1.29, 1.82) is 0 Å². The summed E-state index contributed by atoms with van der Waals surface area (Å²) in [5.74, 6) is -0.457. The van der Waals surface area contributed by atoms with Crippen LogP contribution < -0.4 is 0 Å². The van der Waals surface area contributed by atoms with Crippen LogP contribution in [0.2, 0.25) is 0 Å². The molecule has 20 heavy (non-hydrogen) atoms. The summed E-state index contributed by atoms with van der Waals surface area (Å²) in [6.07, 6.45) is 2.49. The van der Waals surface area contributed by atoms with Gasteiger partial charge in [-0.3, -0.25) is 5.10 Å². The number of hydrogen-bond donors (Lipinski definition) is 2. The van der Waals surface area contributed by atoms with Gasteiger partial charge in [0.05, 0.1) is 23.1 Å². The van der Waals surface area contributed by atoms with Gasteiger partial charge in [0.15, 0.2) is 0 Å². The maximum Gasteiger partial charge on any atom is 0.335 e. The van der Waals surface area contributed by atoms with Crippen LogP contribution in [-0.2, 0) is 6.42 Å². The topological polar surface area (TPSA) is 90.7 Å². The minimum atomic E-state index is -0.956. The SMILES string of the molecule is CC(C)Cc1[nH]ncc1N=Nc1ccc(C(=O)O)cc1. The van der Waals surface area contributed by atoms with Gasteiger partial charge in [0.25, 0.3) is 0 Å². The van der Waals surface area contributed by atoms with Gasteiger partial charge in [-0.2, -0.15) is 10.2 Å². The maximum absolute atomic E-state index is 10.7. The molecule has 0 saturated heterocycles. The molecular weight excluding hydrogens is 256 g/mol. The van der Waals surface area contributed by atoms with Gasteiger partial charge in [-0.1, -0.05) is 13.8 Å². The number of aromatic nitrogens is 2. The molecule has 0 spiro atoms. The first-order valence-electron chi connectivity index (χ1n) is 6.33. The summed E-state index contributed by atoms with van der Waals surface area (Å²) >= 11 is 0. The van der Waals surface area contributed by atoms with Crippen molar-refractivity contribution in [3.8, 4) is 0 Å². The molecule has 0 unspecified atom stereocenters. The minimum Gasteiger partial charge on any atom is -0.478 e. The van der Waals surface area contributed by atoms with E-state index in [4.69, 9.17) is 5.11 Å². The van der Waals surface area contributed by atoms with Crippen LogP contribution in [0.1, 0.15) is 29.9 Å². The van der Waals surface area contributed by atoms with Crippen molar-refractivity contribution in [3.63, 3.8) is 0 Å². The highest BCUT2D eigenvalue weighted by Crippen LogP contribution is 2.22. The monoisotopic (exact) mass is 272 g/mol. The largest absolute Gasteiger partial charge is 0.478 e. The lowest BCUT2D eigenvalue weighted by Crippen LogP contribution is -1.94. The van der Waals surface area contributed by atoms with E-state index in [1.165, 1.54) is 12.1 Å². The van der Waals surface area contributed by atoms with Crippen molar-refractivity contribution in [2.24, 2.45) is 16.1 Å². The van der Waals surface area contributed by atoms with E-state index in [0.29, 0.717) is 17.3 Å². The second kappa shape index (κ2) is 6.10. The highest BCUT2D eigenvalue weighted by atomic mass is 16.4. The summed E-state index contributed by atoms with van der Waals surface area (Å²) in [6.45, 7) is 4.23. The van der Waals surface area contributed by atoms with Crippen LogP contribution in [0.3, 0.4) is 0 Å². The zero-order chi connectivity index (χ0) is 14.5. The number of aromatic amines is 1. The van der Waals surface area contributed by atoms with E-state index in [1.807, 2.05) is 0 Å². The summed E-state index contributed by atoms with van der Waals surface area (Å²) in [6, 6.07) is 6.24. The van der Waals surface area contributed by atoms with E-state index < -0.39 is 5.97 Å². The molecule has 2 rings (SSSR count). The highest BCUT2D eigenvalue weighted by molar-refractivity contribution is 5.87. The lowest BCUT2D eigenvalue weighted by atomic mass is 10.1. The van der Waals surface area contributed by atoms with E-state index in [9.17, 15) is 4.79 Å². The van der Waals surface area contributed by atoms with Gasteiger partial charge in [0.2, 0.25) is 0 Å². The number of carboxylic acid groups (broad SMARTS) is 1. The molecule has 6 heteroatoms. The van der Waals surface area contributed by atoms with Gasteiger partial charge >= 0.3 is 5.97 Å². The molecule has 0 saturated carbocycles. The van der Waals surface area contributed by atoms with Gasteiger partial charge in [-0.25, -0.2) is 4.79 Å². The van der Waals surface area contributed by atoms with Crippen LogP contribution in [0.15, 0.2) is 40.7 Å². The smallest absolute Gasteiger partial charge is 0.335 e. The number of nitrogens with zero attached hydrogens (tertiary/aromatic N) is 3. The minimum absolute atomic E-state index is 0.229. The second-order valence-electron chi connectivity index (χ2n) is 4.88. The molecule has 0 fully saturated rings. The van der Waals surface area contributed by atoms with E-state index in [-0.39, 0.29) is 5.56 Å². The molecule has 1 aromatic carbocycles. The summed E-state index contributed by atoms with van der Waals surface area (Å²) in [4.78, 5) is 10.7. The number of aromatic carboxylic acids is 1. The molecule has 1 aromatic heterocycles. The number of rotatable bonds is 5. The Balaban J connectivity index is 2.13. The summed E-state index contributed by atoms with van der Waals surface area (Å²) in [5.41, 5.74) is 2.49. The normalized spacial score (nSPS) is 11.3. The number of carboxylic acids is 1. The molecule has 0 aliphatic rings. The fraction of sp³-hybridized carbons (Fsp3) is 0.286.